The molecule has 3 unspecified atom stereocenters. The molecule has 0 spiro atoms. The summed E-state index contributed by atoms with van der Waals surface area (Å²) >= 11 is 0. The fourth-order valence-electron chi connectivity index (χ4n) is 4.94. The summed E-state index contributed by atoms with van der Waals surface area (Å²) < 4.78 is 10.5. The van der Waals surface area contributed by atoms with Gasteiger partial charge in [-0.15, -0.1) is 0 Å². The van der Waals surface area contributed by atoms with Crippen LogP contribution in [-0.2, 0) is 32.1 Å². The molecule has 228 valence electrons. The van der Waals surface area contributed by atoms with Crippen LogP contribution < -0.4 is 26.9 Å². The Morgan fingerprint density at radius 1 is 0.932 bits per heavy atom. The predicted octanol–water partition coefficient (Wildman–Crippen LogP) is 1.11. The molecule has 0 saturated carbocycles. The van der Waals surface area contributed by atoms with Gasteiger partial charge < -0.3 is 30.3 Å². The van der Waals surface area contributed by atoms with E-state index in [0.29, 0.717) is 50.1 Å². The Balaban J connectivity index is 0.000000249. The first-order chi connectivity index (χ1) is 21.0. The molecule has 2 heterocycles. The van der Waals surface area contributed by atoms with E-state index in [1.54, 1.807) is 24.3 Å². The number of Topliss-reactive ketones (excluding diaryl/α,β-unsaturated/α-hetero) is 1. The average Bonchev–Trinajstić information content (AvgIpc) is 3.63. The van der Waals surface area contributed by atoms with Crippen LogP contribution in [-0.4, -0.2) is 55.7 Å². The third-order valence-electron chi connectivity index (χ3n) is 7.76. The van der Waals surface area contributed by atoms with Crippen molar-refractivity contribution < 1.29 is 33.5 Å². The smallest absolute Gasteiger partial charge is 0.430 e. The van der Waals surface area contributed by atoms with Gasteiger partial charge in [0.05, 0.1) is 19.3 Å². The molecule has 44 heavy (non-hydrogen) atoms. The lowest BCUT2D eigenvalue weighted by Crippen LogP contribution is -2.48. The maximum Gasteiger partial charge on any atom is 0.491 e. The molecule has 12 heteroatoms. The van der Waals surface area contributed by atoms with Crippen molar-refractivity contribution >= 4 is 49.5 Å². The maximum absolute atomic E-state index is 12.6. The largest absolute Gasteiger partial charge is 0.491 e. The molecular weight excluding hydrogens is 560 g/mol. The summed E-state index contributed by atoms with van der Waals surface area (Å²) in [5.74, 6) is -0.392. The topological polar surface area (TPSA) is 143 Å². The summed E-state index contributed by atoms with van der Waals surface area (Å²) in [6.45, 7) is 8.13. The minimum Gasteiger partial charge on any atom is -0.430 e. The van der Waals surface area contributed by atoms with E-state index in [0.717, 1.165) is 27.7 Å². The van der Waals surface area contributed by atoms with Crippen LogP contribution in [0.5, 0.6) is 0 Å². The Morgan fingerprint density at radius 3 is 2.16 bits per heavy atom. The summed E-state index contributed by atoms with van der Waals surface area (Å²) in [5, 5.41) is 18.3. The molecule has 2 aliphatic heterocycles. The number of ketones is 1. The lowest BCUT2D eigenvalue weighted by molar-refractivity contribution is -0.117. The highest BCUT2D eigenvalue weighted by atomic mass is 16.5. The van der Waals surface area contributed by atoms with Gasteiger partial charge in [-0.2, -0.15) is 0 Å². The number of fused-ring (bicyclic) bond motifs is 2. The van der Waals surface area contributed by atoms with Gasteiger partial charge in [-0.25, -0.2) is 0 Å². The van der Waals surface area contributed by atoms with E-state index in [-0.39, 0.29) is 35.7 Å². The van der Waals surface area contributed by atoms with Gasteiger partial charge in [0, 0.05) is 29.6 Å². The van der Waals surface area contributed by atoms with Crippen molar-refractivity contribution in [3.05, 3.63) is 94.0 Å². The van der Waals surface area contributed by atoms with Gasteiger partial charge >= 0.3 is 14.6 Å². The number of benzene rings is 3. The van der Waals surface area contributed by atoms with Gasteiger partial charge in [0.1, 0.15) is 5.78 Å². The second-order valence-corrected chi connectivity index (χ2v) is 11.2. The third-order valence-corrected chi connectivity index (χ3v) is 7.76. The normalized spacial score (nSPS) is 14.9. The SMILES string of the molecule is CC(=O)CC(NC=O)c1ccc(C)cc1.CC(NC(=O)c1ccc2c(c1)BOC2)C(C)NC(=O)c1ccc2c(c1)B(O)OC2. The molecule has 0 bridgehead atoms. The van der Waals surface area contributed by atoms with E-state index in [2.05, 4.69) is 16.0 Å². The molecule has 3 aromatic rings. The van der Waals surface area contributed by atoms with E-state index in [9.17, 15) is 24.2 Å². The monoisotopic (exact) mass is 597 g/mol. The van der Waals surface area contributed by atoms with Crippen molar-refractivity contribution in [2.45, 2.75) is 65.5 Å². The van der Waals surface area contributed by atoms with Crippen LogP contribution in [0.25, 0.3) is 0 Å². The number of hydrogen-bond donors (Lipinski definition) is 4. The zero-order valence-electron chi connectivity index (χ0n) is 25.4. The molecule has 3 amide bonds. The van der Waals surface area contributed by atoms with Gasteiger partial charge in [-0.3, -0.25) is 19.2 Å². The number of amides is 3. The van der Waals surface area contributed by atoms with Crippen molar-refractivity contribution in [3.63, 3.8) is 0 Å². The molecule has 3 atom stereocenters. The molecule has 3 aromatic carbocycles. The standard InChI is InChI=1S/C20H22B2N2O5.C12H15NO2/c1-11(23-19(25)13-3-5-15-9-28-21-17(15)7-13)12(2)24-20(26)14-4-6-16-10-29-22(27)18(16)8-14;1-9-3-5-11(6-4-9)12(13-8-14)7-10(2)15/h3-8,11-12,21,27H,9-10H2,1-2H3,(H,23,25)(H,24,26);3-6,8,12H,7H2,1-2H3,(H,13,14). The Bertz CT molecular complexity index is 1520. The number of aryl methyl sites for hydroxylation is 1. The molecular formula is C32H37B2N3O7. The van der Waals surface area contributed by atoms with Crippen LogP contribution >= 0.6 is 0 Å². The summed E-state index contributed by atoms with van der Waals surface area (Å²) in [6.07, 6.45) is 0.968. The molecule has 0 radical (unpaired) electrons. The molecule has 0 fully saturated rings. The minimum absolute atomic E-state index is 0.0647. The second kappa shape index (κ2) is 15.0. The van der Waals surface area contributed by atoms with Crippen molar-refractivity contribution in [1.82, 2.24) is 16.0 Å². The van der Waals surface area contributed by atoms with Crippen LogP contribution in [0, 0.1) is 6.92 Å². The van der Waals surface area contributed by atoms with Crippen LogP contribution in [0.1, 0.15) is 76.2 Å². The van der Waals surface area contributed by atoms with Gasteiger partial charge in [0.2, 0.25) is 6.41 Å². The first kappa shape index (κ1) is 32.7. The highest BCUT2D eigenvalue weighted by Crippen LogP contribution is 2.17. The van der Waals surface area contributed by atoms with E-state index in [1.807, 2.05) is 57.2 Å². The van der Waals surface area contributed by atoms with E-state index < -0.39 is 7.12 Å². The number of nitrogens with one attached hydrogen (secondary N) is 3. The van der Waals surface area contributed by atoms with Gasteiger partial charge in [0.25, 0.3) is 11.8 Å². The number of hydrogen-bond acceptors (Lipinski definition) is 7. The van der Waals surface area contributed by atoms with Crippen LogP contribution in [0.3, 0.4) is 0 Å². The Hall–Kier alpha value is -4.25. The predicted molar refractivity (Wildman–Crippen MR) is 169 cm³/mol. The van der Waals surface area contributed by atoms with Crippen molar-refractivity contribution in [3.8, 4) is 0 Å². The first-order valence-corrected chi connectivity index (χ1v) is 14.5. The minimum atomic E-state index is -0.994. The summed E-state index contributed by atoms with van der Waals surface area (Å²) in [7, 11) is -0.468. The number of rotatable bonds is 10. The zero-order valence-corrected chi connectivity index (χ0v) is 25.4. The average molecular weight is 597 g/mol. The van der Waals surface area contributed by atoms with Crippen LogP contribution in [0.4, 0.5) is 0 Å². The fraction of sp³-hybridized carbons (Fsp3) is 0.312. The second-order valence-electron chi connectivity index (χ2n) is 11.2. The van der Waals surface area contributed by atoms with Crippen molar-refractivity contribution in [2.24, 2.45) is 0 Å². The van der Waals surface area contributed by atoms with E-state index in [1.165, 1.54) is 6.92 Å². The van der Waals surface area contributed by atoms with Crippen LogP contribution in [0.15, 0.2) is 60.7 Å². The molecule has 0 aliphatic carbocycles. The summed E-state index contributed by atoms with van der Waals surface area (Å²) in [4.78, 5) is 46.6. The Morgan fingerprint density at radius 2 is 1.55 bits per heavy atom. The molecule has 5 rings (SSSR count). The van der Waals surface area contributed by atoms with E-state index in [4.69, 9.17) is 9.31 Å². The maximum atomic E-state index is 12.6. The molecule has 0 aromatic heterocycles. The molecule has 0 saturated heterocycles. The van der Waals surface area contributed by atoms with Gasteiger partial charge in [-0.1, -0.05) is 48.0 Å². The molecule has 10 nitrogen and oxygen atoms in total. The van der Waals surface area contributed by atoms with Gasteiger partial charge in [0.15, 0.2) is 0 Å². The lowest BCUT2D eigenvalue weighted by Gasteiger charge is -2.23. The fourth-order valence-corrected chi connectivity index (χ4v) is 4.94. The Labute approximate surface area is 258 Å². The van der Waals surface area contributed by atoms with Crippen molar-refractivity contribution in [2.75, 3.05) is 0 Å². The van der Waals surface area contributed by atoms with Gasteiger partial charge in [-0.05, 0) is 73.5 Å². The quantitative estimate of drug-likeness (QED) is 0.203. The first-order valence-electron chi connectivity index (χ1n) is 14.5. The Kier molecular flexibility index (Phi) is 11.1. The highest BCUT2D eigenvalue weighted by molar-refractivity contribution is 6.61. The van der Waals surface area contributed by atoms with Crippen molar-refractivity contribution in [1.29, 1.82) is 0 Å². The lowest BCUT2D eigenvalue weighted by atomic mass is 9.79. The summed E-state index contributed by atoms with van der Waals surface area (Å²) in [5.41, 5.74) is 6.78. The highest BCUT2D eigenvalue weighted by Gasteiger charge is 2.28. The number of carbonyl (C=O) groups excluding carboxylic acids is 4. The summed E-state index contributed by atoms with van der Waals surface area (Å²) in [6, 6.07) is 17.7. The molecule has 2 aliphatic rings. The van der Waals surface area contributed by atoms with Crippen LogP contribution in [0.2, 0.25) is 0 Å². The zero-order chi connectivity index (χ0) is 31.8. The number of carbonyl (C=O) groups is 4. The third kappa shape index (κ3) is 8.43. The molecule has 4 N–H and O–H groups in total. The van der Waals surface area contributed by atoms with E-state index >= 15 is 0 Å².